The van der Waals surface area contributed by atoms with Gasteiger partial charge >= 0.3 is 0 Å². The highest BCUT2D eigenvalue weighted by Crippen LogP contribution is 2.38. The van der Waals surface area contributed by atoms with Gasteiger partial charge in [0.05, 0.1) is 32.1 Å². The van der Waals surface area contributed by atoms with Crippen molar-refractivity contribution in [3.05, 3.63) is 173 Å². The van der Waals surface area contributed by atoms with Crippen molar-refractivity contribution in [1.82, 2.24) is 4.98 Å². The van der Waals surface area contributed by atoms with E-state index in [1.165, 1.54) is 0 Å². The summed E-state index contributed by atoms with van der Waals surface area (Å²) in [6.07, 6.45) is 1.86. The highest BCUT2D eigenvalue weighted by molar-refractivity contribution is 6.10. The first kappa shape index (κ1) is 39.5. The molecule has 8 rings (SSSR count). The zero-order chi connectivity index (χ0) is 40.6. The first-order valence-electron chi connectivity index (χ1n) is 19.6. The SMILES string of the molecule is COCc1cc(COC)cc(OCc2cc(COc3cc(COC)cc(COC)c3)cc(-c3ccnc(-c4cccc5c4oc4cc(-c6ccccc6)ccc45)c3)c2)c1. The van der Waals surface area contributed by atoms with E-state index in [0.29, 0.717) is 39.6 Å². The largest absolute Gasteiger partial charge is 0.489 e. The number of aromatic nitrogens is 1. The second kappa shape index (κ2) is 18.5. The number of hydrogen-bond acceptors (Lipinski definition) is 8. The van der Waals surface area contributed by atoms with Crippen LogP contribution in [0.1, 0.15) is 33.4 Å². The van der Waals surface area contributed by atoms with Crippen molar-refractivity contribution in [2.24, 2.45) is 0 Å². The molecule has 0 aliphatic rings. The molecule has 0 fully saturated rings. The Hall–Kier alpha value is -6.29. The maximum atomic E-state index is 6.62. The number of fused-ring (bicyclic) bond motifs is 3. The summed E-state index contributed by atoms with van der Waals surface area (Å²) in [5.41, 5.74) is 13.7. The van der Waals surface area contributed by atoms with E-state index >= 15 is 0 Å². The average Bonchev–Trinajstić information content (AvgIpc) is 3.64. The van der Waals surface area contributed by atoms with E-state index in [1.54, 1.807) is 28.4 Å². The molecule has 2 aromatic heterocycles. The van der Waals surface area contributed by atoms with Gasteiger partial charge in [-0.25, -0.2) is 0 Å². The van der Waals surface area contributed by atoms with Crippen LogP contribution in [0.3, 0.4) is 0 Å². The number of benzene rings is 6. The Morgan fingerprint density at radius 3 is 1.53 bits per heavy atom. The molecule has 0 spiro atoms. The summed E-state index contributed by atoms with van der Waals surface area (Å²) < 4.78 is 41.3. The third kappa shape index (κ3) is 9.38. The van der Waals surface area contributed by atoms with Gasteiger partial charge in [0.15, 0.2) is 0 Å². The number of para-hydroxylation sites is 1. The fraction of sp³-hybridized carbons (Fsp3) is 0.196. The van der Waals surface area contributed by atoms with Gasteiger partial charge in [0.1, 0.15) is 35.9 Å². The summed E-state index contributed by atoms with van der Waals surface area (Å²) in [7, 11) is 6.75. The first-order chi connectivity index (χ1) is 29.0. The Morgan fingerprint density at radius 2 is 0.966 bits per heavy atom. The number of nitrogens with zero attached hydrogens (tertiary/aromatic N) is 1. The smallest absolute Gasteiger partial charge is 0.144 e. The molecule has 0 unspecified atom stereocenters. The molecular weight excluding hydrogens is 739 g/mol. The lowest BCUT2D eigenvalue weighted by atomic mass is 9.98. The third-order valence-corrected chi connectivity index (χ3v) is 10.1. The Kier molecular flexibility index (Phi) is 12.4. The molecule has 0 amide bonds. The summed E-state index contributed by atoms with van der Waals surface area (Å²) >= 11 is 0. The van der Waals surface area contributed by atoms with Crippen molar-refractivity contribution >= 4 is 21.9 Å². The molecule has 0 radical (unpaired) electrons. The minimum Gasteiger partial charge on any atom is -0.489 e. The Bertz CT molecular complexity index is 2560. The van der Waals surface area contributed by atoms with Gasteiger partial charge in [-0.2, -0.15) is 0 Å². The van der Waals surface area contributed by atoms with Gasteiger partial charge in [-0.1, -0.05) is 60.7 Å². The third-order valence-electron chi connectivity index (χ3n) is 10.1. The van der Waals surface area contributed by atoms with Crippen LogP contribution in [-0.4, -0.2) is 33.4 Å². The van der Waals surface area contributed by atoms with E-state index < -0.39 is 0 Å². The number of ether oxygens (including phenoxy) is 6. The summed E-state index contributed by atoms with van der Waals surface area (Å²) in [6, 6.07) is 45.8. The molecule has 0 N–H and O–H groups in total. The van der Waals surface area contributed by atoms with Gasteiger partial charge in [0, 0.05) is 51.0 Å². The standard InChI is InChI=1S/C51H47NO7/c1-53-28-36-18-37(29-54-2)23-44(22-36)57-32-34-17-35(33-58-45-24-38(30-55-3)19-39(25-45)31-56-4)21-43(20-34)42-15-16-52-49(26-42)48-12-8-11-47-46-14-13-41(27-50(46)59-51(47)48)40-9-6-5-7-10-40/h5-27H,28-33H2,1-4H3. The van der Waals surface area contributed by atoms with Crippen LogP contribution < -0.4 is 9.47 Å². The van der Waals surface area contributed by atoms with Crippen molar-refractivity contribution in [1.29, 1.82) is 0 Å². The van der Waals surface area contributed by atoms with Crippen LogP contribution in [0.15, 0.2) is 144 Å². The predicted octanol–water partition coefficient (Wildman–Crippen LogP) is 11.7. The molecule has 2 heterocycles. The number of furan rings is 1. The zero-order valence-corrected chi connectivity index (χ0v) is 33.8. The Balaban J connectivity index is 1.14. The molecule has 8 nitrogen and oxygen atoms in total. The second-order valence-electron chi connectivity index (χ2n) is 14.6. The van der Waals surface area contributed by atoms with E-state index in [1.807, 2.05) is 42.6 Å². The van der Waals surface area contributed by atoms with Crippen LogP contribution in [0.25, 0.3) is 55.4 Å². The van der Waals surface area contributed by atoms with Crippen molar-refractivity contribution < 1.29 is 32.8 Å². The Morgan fingerprint density at radius 1 is 0.424 bits per heavy atom. The quantitative estimate of drug-likeness (QED) is 0.0903. The molecule has 298 valence electrons. The molecule has 0 saturated carbocycles. The van der Waals surface area contributed by atoms with Crippen LogP contribution in [0.4, 0.5) is 0 Å². The van der Waals surface area contributed by atoms with Crippen LogP contribution >= 0.6 is 0 Å². The molecule has 0 aliphatic carbocycles. The number of methoxy groups -OCH3 is 4. The second-order valence-corrected chi connectivity index (χ2v) is 14.6. The minimum absolute atomic E-state index is 0.339. The van der Waals surface area contributed by atoms with Crippen LogP contribution in [0.5, 0.6) is 11.5 Å². The maximum Gasteiger partial charge on any atom is 0.144 e. The summed E-state index contributed by atoms with van der Waals surface area (Å²) in [5, 5.41) is 2.12. The maximum absolute atomic E-state index is 6.62. The molecule has 0 aliphatic heterocycles. The highest BCUT2D eigenvalue weighted by Gasteiger charge is 2.16. The Labute approximate surface area is 344 Å². The van der Waals surface area contributed by atoms with E-state index in [0.717, 1.165) is 100 Å². The highest BCUT2D eigenvalue weighted by atomic mass is 16.5. The van der Waals surface area contributed by atoms with Crippen LogP contribution in [0, 0.1) is 0 Å². The molecule has 8 heteroatoms. The van der Waals surface area contributed by atoms with Gasteiger partial charge in [-0.15, -0.1) is 0 Å². The predicted molar refractivity (Wildman–Crippen MR) is 232 cm³/mol. The van der Waals surface area contributed by atoms with Crippen LogP contribution in [0.2, 0.25) is 0 Å². The van der Waals surface area contributed by atoms with Crippen molar-refractivity contribution in [2.45, 2.75) is 39.6 Å². The molecule has 0 atom stereocenters. The van der Waals surface area contributed by atoms with E-state index in [-0.39, 0.29) is 0 Å². The first-order valence-corrected chi connectivity index (χ1v) is 19.6. The van der Waals surface area contributed by atoms with Gasteiger partial charge in [-0.3, -0.25) is 4.98 Å². The normalized spacial score (nSPS) is 11.4. The lowest BCUT2D eigenvalue weighted by Gasteiger charge is -2.15. The molecular formula is C51H47NO7. The average molecular weight is 786 g/mol. The topological polar surface area (TPSA) is 81.4 Å². The van der Waals surface area contributed by atoms with E-state index in [2.05, 4.69) is 97.1 Å². The fourth-order valence-electron chi connectivity index (χ4n) is 7.62. The lowest BCUT2D eigenvalue weighted by molar-refractivity contribution is 0.179. The summed E-state index contributed by atoms with van der Waals surface area (Å²) in [6.45, 7) is 2.58. The summed E-state index contributed by atoms with van der Waals surface area (Å²) in [5.74, 6) is 1.49. The lowest BCUT2D eigenvalue weighted by Crippen LogP contribution is -2.03. The molecule has 0 saturated heterocycles. The van der Waals surface area contributed by atoms with Crippen molar-refractivity contribution in [2.75, 3.05) is 28.4 Å². The number of hydrogen-bond donors (Lipinski definition) is 0. The van der Waals surface area contributed by atoms with Gasteiger partial charge in [-0.05, 0) is 128 Å². The fourth-order valence-corrected chi connectivity index (χ4v) is 7.62. The molecule has 59 heavy (non-hydrogen) atoms. The van der Waals surface area contributed by atoms with Gasteiger partial charge in [0.2, 0.25) is 0 Å². The molecule has 0 bridgehead atoms. The van der Waals surface area contributed by atoms with E-state index in [4.69, 9.17) is 37.8 Å². The minimum atomic E-state index is 0.339. The molecule has 6 aromatic carbocycles. The van der Waals surface area contributed by atoms with Gasteiger partial charge < -0.3 is 32.8 Å². The zero-order valence-electron chi connectivity index (χ0n) is 33.8. The van der Waals surface area contributed by atoms with Crippen molar-refractivity contribution in [3.8, 4) is 45.0 Å². The van der Waals surface area contributed by atoms with Crippen LogP contribution in [-0.2, 0) is 58.6 Å². The molecule has 8 aromatic rings. The van der Waals surface area contributed by atoms with E-state index in [9.17, 15) is 0 Å². The number of rotatable bonds is 17. The van der Waals surface area contributed by atoms with Crippen molar-refractivity contribution in [3.63, 3.8) is 0 Å². The summed E-state index contributed by atoms with van der Waals surface area (Å²) in [4.78, 5) is 4.86. The monoisotopic (exact) mass is 785 g/mol. The van der Waals surface area contributed by atoms with Gasteiger partial charge in [0.25, 0.3) is 0 Å². The number of pyridine rings is 1.